The largest absolute Gasteiger partial charge is 0.364 e. The Morgan fingerprint density at radius 3 is 2.66 bits per heavy atom. The normalized spacial score (nSPS) is 21.7. The summed E-state index contributed by atoms with van der Waals surface area (Å²) in [7, 11) is 0. The Bertz CT molecular complexity index is 1230. The standard InChI is InChI=1S/C22H25N7O3/c1-12(2)27-8-7-18(25-27)24-22(32)17-10-13-9-16(13)29(17)19(30)11-28-15-6-4-3-5-14(15)20(26-28)21(23)31/h3-8,12-13,16-17H,9-11H2,1-2H3,(H2,23,31)(H,24,25,32)/t13-,16-,17+/m1/s1. The van der Waals surface area contributed by atoms with E-state index >= 15 is 0 Å². The molecule has 1 aliphatic carbocycles. The number of fused-ring (bicyclic) bond motifs is 2. The molecule has 32 heavy (non-hydrogen) atoms. The molecule has 0 bridgehead atoms. The van der Waals surface area contributed by atoms with Crippen molar-refractivity contribution in [2.75, 3.05) is 5.32 Å². The minimum Gasteiger partial charge on any atom is -0.364 e. The van der Waals surface area contributed by atoms with Gasteiger partial charge in [-0.05, 0) is 38.7 Å². The van der Waals surface area contributed by atoms with Gasteiger partial charge in [-0.3, -0.25) is 23.7 Å². The number of benzene rings is 1. The Morgan fingerprint density at radius 1 is 1.16 bits per heavy atom. The summed E-state index contributed by atoms with van der Waals surface area (Å²) in [5.74, 6) is -0.261. The number of para-hydroxylation sites is 1. The Hall–Kier alpha value is -3.69. The van der Waals surface area contributed by atoms with Crippen molar-refractivity contribution >= 4 is 34.4 Å². The number of carbonyl (C=O) groups excluding carboxylic acids is 3. The quantitative estimate of drug-likeness (QED) is 0.607. The highest BCUT2D eigenvalue weighted by molar-refractivity contribution is 6.04. The van der Waals surface area contributed by atoms with Crippen LogP contribution in [0.15, 0.2) is 36.5 Å². The highest BCUT2D eigenvalue weighted by Gasteiger charge is 2.56. The number of aromatic nitrogens is 4. The fraction of sp³-hybridized carbons (Fsp3) is 0.409. The van der Waals surface area contributed by atoms with Gasteiger partial charge in [-0.1, -0.05) is 18.2 Å². The van der Waals surface area contributed by atoms with Crippen molar-refractivity contribution in [1.82, 2.24) is 24.5 Å². The van der Waals surface area contributed by atoms with E-state index in [0.717, 1.165) is 6.42 Å². The van der Waals surface area contributed by atoms with Gasteiger partial charge < -0.3 is 16.0 Å². The molecular weight excluding hydrogens is 410 g/mol. The van der Waals surface area contributed by atoms with Crippen LogP contribution in [0.2, 0.25) is 0 Å². The topological polar surface area (TPSA) is 128 Å². The number of nitrogens with zero attached hydrogens (tertiary/aromatic N) is 5. The average molecular weight is 435 g/mol. The van der Waals surface area contributed by atoms with Gasteiger partial charge in [0.05, 0.1) is 5.52 Å². The van der Waals surface area contributed by atoms with E-state index in [-0.39, 0.29) is 36.1 Å². The number of anilines is 1. The third kappa shape index (κ3) is 3.41. The Labute approximate surface area is 184 Å². The first kappa shape index (κ1) is 20.2. The zero-order valence-corrected chi connectivity index (χ0v) is 17.9. The number of hydrogen-bond acceptors (Lipinski definition) is 5. The molecule has 1 aliphatic heterocycles. The summed E-state index contributed by atoms with van der Waals surface area (Å²) in [6.45, 7) is 3.95. The van der Waals surface area contributed by atoms with Gasteiger partial charge >= 0.3 is 0 Å². The number of hydrogen-bond donors (Lipinski definition) is 2. The first-order valence-electron chi connectivity index (χ1n) is 10.8. The molecule has 0 spiro atoms. The highest BCUT2D eigenvalue weighted by Crippen LogP contribution is 2.48. The summed E-state index contributed by atoms with van der Waals surface area (Å²) >= 11 is 0. The third-order valence-electron chi connectivity index (χ3n) is 6.26. The molecule has 10 nitrogen and oxygen atoms in total. The molecule has 3 aromatic rings. The van der Waals surface area contributed by atoms with Gasteiger partial charge in [-0.15, -0.1) is 0 Å². The summed E-state index contributed by atoms with van der Waals surface area (Å²) in [6.07, 6.45) is 3.36. The Balaban J connectivity index is 1.35. The summed E-state index contributed by atoms with van der Waals surface area (Å²) < 4.78 is 3.26. The van der Waals surface area contributed by atoms with E-state index < -0.39 is 11.9 Å². The van der Waals surface area contributed by atoms with Crippen molar-refractivity contribution in [3.8, 4) is 0 Å². The van der Waals surface area contributed by atoms with Crippen LogP contribution < -0.4 is 11.1 Å². The second-order valence-electron chi connectivity index (χ2n) is 8.77. The molecule has 2 aromatic heterocycles. The molecule has 1 saturated carbocycles. The van der Waals surface area contributed by atoms with E-state index in [1.165, 1.54) is 4.68 Å². The van der Waals surface area contributed by atoms with Crippen molar-refractivity contribution in [3.05, 3.63) is 42.2 Å². The Kier molecular flexibility index (Phi) is 4.72. The molecule has 2 aliphatic rings. The lowest BCUT2D eigenvalue weighted by atomic mass is 10.1. The fourth-order valence-corrected chi connectivity index (χ4v) is 4.59. The first-order valence-corrected chi connectivity index (χ1v) is 10.8. The maximum atomic E-state index is 13.3. The highest BCUT2D eigenvalue weighted by atomic mass is 16.2. The van der Waals surface area contributed by atoms with E-state index in [1.807, 2.05) is 26.1 Å². The zero-order chi connectivity index (χ0) is 22.6. The third-order valence-corrected chi connectivity index (χ3v) is 6.26. The van der Waals surface area contributed by atoms with Crippen LogP contribution in [-0.2, 0) is 16.1 Å². The maximum absolute atomic E-state index is 13.3. The second kappa shape index (κ2) is 7.47. The Morgan fingerprint density at radius 2 is 1.94 bits per heavy atom. The molecule has 3 atom stereocenters. The summed E-state index contributed by atoms with van der Waals surface area (Å²) in [6, 6.07) is 8.61. The first-order chi connectivity index (χ1) is 15.3. The lowest BCUT2D eigenvalue weighted by Gasteiger charge is -2.26. The van der Waals surface area contributed by atoms with Crippen LogP contribution in [0.4, 0.5) is 5.82 Å². The predicted octanol–water partition coefficient (Wildman–Crippen LogP) is 1.54. The van der Waals surface area contributed by atoms with E-state index in [9.17, 15) is 14.4 Å². The number of nitrogens with one attached hydrogen (secondary N) is 1. The molecule has 3 N–H and O–H groups in total. The summed E-state index contributed by atoms with van der Waals surface area (Å²) in [5.41, 5.74) is 6.25. The number of carbonyl (C=O) groups is 3. The molecule has 5 rings (SSSR count). The molecule has 0 unspecified atom stereocenters. The van der Waals surface area contributed by atoms with Crippen molar-refractivity contribution < 1.29 is 14.4 Å². The van der Waals surface area contributed by atoms with Gasteiger partial charge in [0, 0.05) is 29.7 Å². The molecule has 3 amide bonds. The van der Waals surface area contributed by atoms with Gasteiger partial charge in [-0.2, -0.15) is 10.2 Å². The van der Waals surface area contributed by atoms with Crippen LogP contribution in [0.25, 0.3) is 10.9 Å². The maximum Gasteiger partial charge on any atom is 0.269 e. The average Bonchev–Trinajstić information content (AvgIpc) is 3.10. The summed E-state index contributed by atoms with van der Waals surface area (Å²) in [5, 5.41) is 12.1. The minimum atomic E-state index is -0.645. The van der Waals surface area contributed by atoms with E-state index in [4.69, 9.17) is 5.73 Å². The molecular formula is C22H25N7O3. The zero-order valence-electron chi connectivity index (χ0n) is 17.9. The molecule has 10 heteroatoms. The fourth-order valence-electron chi connectivity index (χ4n) is 4.59. The molecule has 3 heterocycles. The van der Waals surface area contributed by atoms with Gasteiger partial charge in [0.25, 0.3) is 5.91 Å². The van der Waals surface area contributed by atoms with E-state index in [0.29, 0.717) is 29.1 Å². The van der Waals surface area contributed by atoms with Crippen molar-refractivity contribution in [1.29, 1.82) is 0 Å². The van der Waals surface area contributed by atoms with Crippen LogP contribution >= 0.6 is 0 Å². The second-order valence-corrected chi connectivity index (χ2v) is 8.77. The van der Waals surface area contributed by atoms with Gasteiger partial charge in [0.15, 0.2) is 11.5 Å². The predicted molar refractivity (Wildman–Crippen MR) is 117 cm³/mol. The number of rotatable bonds is 6. The lowest BCUT2D eigenvalue weighted by Crippen LogP contribution is -2.46. The molecule has 1 aromatic carbocycles. The van der Waals surface area contributed by atoms with Gasteiger partial charge in [0.2, 0.25) is 11.8 Å². The van der Waals surface area contributed by atoms with Crippen molar-refractivity contribution in [3.63, 3.8) is 0 Å². The van der Waals surface area contributed by atoms with E-state index in [2.05, 4.69) is 15.5 Å². The molecule has 166 valence electrons. The summed E-state index contributed by atoms with van der Waals surface area (Å²) in [4.78, 5) is 39.7. The molecule has 2 fully saturated rings. The number of piperidine rings is 1. The lowest BCUT2D eigenvalue weighted by molar-refractivity contribution is -0.138. The SMILES string of the molecule is CC(C)n1ccc(NC(=O)[C@@H]2C[C@H]3C[C@H]3N2C(=O)Cn2nc(C(N)=O)c3ccccc32)n1. The van der Waals surface area contributed by atoms with E-state index in [1.54, 1.807) is 33.8 Å². The molecule has 0 radical (unpaired) electrons. The minimum absolute atomic E-state index is 0.0667. The molecule has 1 saturated heterocycles. The van der Waals surface area contributed by atoms with Crippen LogP contribution in [-0.4, -0.2) is 54.3 Å². The van der Waals surface area contributed by atoms with Crippen LogP contribution in [0.3, 0.4) is 0 Å². The number of amides is 3. The monoisotopic (exact) mass is 435 g/mol. The van der Waals surface area contributed by atoms with Gasteiger partial charge in [-0.25, -0.2) is 0 Å². The number of nitrogens with two attached hydrogens (primary N) is 1. The van der Waals surface area contributed by atoms with Crippen LogP contribution in [0, 0.1) is 5.92 Å². The van der Waals surface area contributed by atoms with Gasteiger partial charge in [0.1, 0.15) is 12.6 Å². The smallest absolute Gasteiger partial charge is 0.269 e. The van der Waals surface area contributed by atoms with Crippen molar-refractivity contribution in [2.45, 2.75) is 51.4 Å². The number of primary amides is 1. The number of likely N-dealkylation sites (tertiary alicyclic amines) is 1. The van der Waals surface area contributed by atoms with Crippen LogP contribution in [0.5, 0.6) is 0 Å². The van der Waals surface area contributed by atoms with Crippen molar-refractivity contribution in [2.24, 2.45) is 11.7 Å². The van der Waals surface area contributed by atoms with Crippen LogP contribution in [0.1, 0.15) is 43.2 Å².